The Morgan fingerprint density at radius 3 is 1.86 bits per heavy atom. The van der Waals surface area contributed by atoms with E-state index in [1.807, 2.05) is 0 Å². The molecule has 1 aromatic heterocycles. The van der Waals surface area contributed by atoms with Crippen molar-refractivity contribution in [1.82, 2.24) is 41.8 Å². The van der Waals surface area contributed by atoms with Crippen molar-refractivity contribution in [2.24, 2.45) is 0 Å². The number of hydrogen-bond acceptors (Lipinski definition) is 16. The zero-order chi connectivity index (χ0) is 66.1. The molecule has 30 heteroatoms. The van der Waals surface area contributed by atoms with Crippen LogP contribution in [0.5, 0.6) is 28.7 Å². The number of phenols is 4. The second kappa shape index (κ2) is 26.3. The Bertz CT molecular complexity index is 4320. The molecule has 6 bridgehead atoms. The van der Waals surface area contributed by atoms with E-state index >= 15 is 19.2 Å². The Balaban J connectivity index is 1.15. The number of nitrogens with one attached hydrogen (secondary N) is 7. The topological polar surface area (TPSA) is 408 Å². The molecule has 4 aliphatic rings. The summed E-state index contributed by atoms with van der Waals surface area (Å²) in [5.74, 6) is -13.5. The van der Waals surface area contributed by atoms with Gasteiger partial charge in [0.15, 0.2) is 23.7 Å². The van der Waals surface area contributed by atoms with Gasteiger partial charge in [0.1, 0.15) is 65.0 Å². The lowest BCUT2D eigenvalue weighted by molar-refractivity contribution is -0.142. The zero-order valence-corrected chi connectivity index (χ0v) is 50.5. The van der Waals surface area contributed by atoms with Crippen LogP contribution in [0, 0.1) is 0 Å². The third-order valence-electron chi connectivity index (χ3n) is 15.6. The lowest BCUT2D eigenvalue weighted by Gasteiger charge is -2.44. The van der Waals surface area contributed by atoms with Crippen LogP contribution in [0.4, 0.5) is 0 Å². The molecule has 0 saturated carbocycles. The van der Waals surface area contributed by atoms with Gasteiger partial charge in [0, 0.05) is 36.4 Å². The molecule has 92 heavy (non-hydrogen) atoms. The SMILES string of the molecule is O=C(CS(=O)(=O)O)NC(C(=O)NC1Cc2cn(c3ccccc23)C23C=CC(=O)C(C2)Oc2ccc(cc2)CC(C(=O)NC(C(=O)O)c2ccc(O)cc2)NC(=O)C(c2ccc(O)c(Cl)c2)NC(=O)C3NC(=O)C(c2ccc(O)c(Cl)c2)NC1=O)c1ccc(O)c(Cl)c1. The summed E-state index contributed by atoms with van der Waals surface area (Å²) in [5, 5.41) is 69.1. The summed E-state index contributed by atoms with van der Waals surface area (Å²) < 4.78 is 41.3. The highest BCUT2D eigenvalue weighted by Gasteiger charge is 2.52. The van der Waals surface area contributed by atoms with Crippen LogP contribution in [0.25, 0.3) is 10.9 Å². The second-order valence-electron chi connectivity index (χ2n) is 21.8. The van der Waals surface area contributed by atoms with E-state index in [0.29, 0.717) is 10.9 Å². The van der Waals surface area contributed by atoms with Crippen molar-refractivity contribution in [3.8, 4) is 28.7 Å². The fourth-order valence-corrected chi connectivity index (χ4v) is 12.1. The molecular formula is C62H53Cl3N8O18S. The molecule has 6 aromatic carbocycles. The van der Waals surface area contributed by atoms with Gasteiger partial charge in [-0.2, -0.15) is 8.42 Å². The van der Waals surface area contributed by atoms with E-state index in [1.54, 1.807) is 24.3 Å². The van der Waals surface area contributed by atoms with Crippen molar-refractivity contribution in [3.05, 3.63) is 194 Å². The van der Waals surface area contributed by atoms with E-state index < -0.39 is 153 Å². The van der Waals surface area contributed by atoms with Crippen molar-refractivity contribution in [1.29, 1.82) is 0 Å². The first kappa shape index (κ1) is 64.8. The fourth-order valence-electron chi connectivity index (χ4n) is 11.1. The maximum Gasteiger partial charge on any atom is 0.330 e. The smallest absolute Gasteiger partial charge is 0.330 e. The van der Waals surface area contributed by atoms with Gasteiger partial charge in [-0.05, 0) is 106 Å². The van der Waals surface area contributed by atoms with Gasteiger partial charge in [-0.15, -0.1) is 0 Å². The standard InChI is InChI=1S/C62H53Cl3N8O18S/c63-38-22-31(9-16-44(38)75)50(68-49(79)28-92(88,89)90)57(82)67-42-25-34-27-73(43-4-2-1-3-37(34)43)62-20-19-47(78)48(26-62)91-36-14-5-29(6-15-36)21-41(55(80)71-53(61(86)87)30-7-12-35(74)13-8-30)66-58(83)51(32-10-17-45(76)39(64)23-32)70-60(85)54(62)72-59(84)52(69-56(42)81)33-11-18-46(77)40(65)24-33/h1-20,22-24,27,41-42,48,50-54,74-77H,21,25-26,28H2,(H,66,83)(H,67,82)(H,68,79)(H,69,81)(H,70,85)(H,71,80)(H,72,84)(H,86,87)(H,88,89,90). The molecule has 1 spiro atoms. The average Bonchev–Trinajstić information content (AvgIpc) is 1.29. The number of carbonyl (C=O) groups excluding carboxylic acids is 8. The second-order valence-corrected chi connectivity index (χ2v) is 24.5. The van der Waals surface area contributed by atoms with E-state index in [9.17, 15) is 62.5 Å². The number of amides is 7. The molecule has 0 saturated heterocycles. The fraction of sp³-hybridized carbons (Fsp3) is 0.210. The first-order chi connectivity index (χ1) is 43.6. The lowest BCUT2D eigenvalue weighted by atomic mass is 9.77. The Hall–Kier alpha value is -10.2. The van der Waals surface area contributed by atoms with Crippen molar-refractivity contribution < 1.29 is 86.4 Å². The average molecular weight is 1340 g/mol. The first-order valence-corrected chi connectivity index (χ1v) is 30.5. The number of aliphatic carboxylic acids is 1. The Morgan fingerprint density at radius 2 is 1.25 bits per heavy atom. The Kier molecular flexibility index (Phi) is 18.5. The lowest BCUT2D eigenvalue weighted by Crippen LogP contribution is -2.65. The van der Waals surface area contributed by atoms with Crippen LogP contribution in [0.1, 0.15) is 64.0 Å². The summed E-state index contributed by atoms with van der Waals surface area (Å²) in [6.07, 6.45) is 1.05. The third-order valence-corrected chi connectivity index (χ3v) is 17.2. The van der Waals surface area contributed by atoms with Crippen molar-refractivity contribution in [3.63, 3.8) is 0 Å². The summed E-state index contributed by atoms with van der Waals surface area (Å²) in [5.41, 5.74) is -1.63. The number of rotatable bonds is 12. The van der Waals surface area contributed by atoms with Gasteiger partial charge in [-0.3, -0.25) is 42.9 Å². The number of fused-ring (bicyclic) bond motifs is 13. The van der Waals surface area contributed by atoms with Gasteiger partial charge in [-0.25, -0.2) is 4.79 Å². The normalized spacial score (nSPS) is 21.7. The molecule has 1 aliphatic carbocycles. The summed E-state index contributed by atoms with van der Waals surface area (Å²) in [4.78, 5) is 132. The molecule has 7 amide bonds. The molecule has 0 radical (unpaired) electrons. The summed E-state index contributed by atoms with van der Waals surface area (Å²) >= 11 is 19.2. The molecule has 9 atom stereocenters. The van der Waals surface area contributed by atoms with E-state index in [0.717, 1.165) is 48.5 Å². The summed E-state index contributed by atoms with van der Waals surface area (Å²) in [7, 11) is -4.99. The van der Waals surface area contributed by atoms with Gasteiger partial charge in [0.2, 0.25) is 41.4 Å². The van der Waals surface area contributed by atoms with Crippen molar-refractivity contribution in [2.45, 2.75) is 73.2 Å². The van der Waals surface area contributed by atoms with Gasteiger partial charge >= 0.3 is 5.97 Å². The monoisotopic (exact) mass is 1330 g/mol. The molecule has 11 rings (SSSR count). The number of nitrogens with zero attached hydrogens (tertiary/aromatic N) is 1. The quantitative estimate of drug-likeness (QED) is 0.0767. The molecule has 3 aliphatic heterocycles. The van der Waals surface area contributed by atoms with Crippen LogP contribution < -0.4 is 42.0 Å². The number of aromatic nitrogens is 1. The Morgan fingerprint density at radius 1 is 0.663 bits per heavy atom. The summed E-state index contributed by atoms with van der Waals surface area (Å²) in [6, 6.07) is 14.4. The van der Waals surface area contributed by atoms with Crippen LogP contribution in [-0.2, 0) is 71.6 Å². The first-order valence-electron chi connectivity index (χ1n) is 27.8. The highest BCUT2D eigenvalue weighted by molar-refractivity contribution is 7.86. The number of phenolic OH excluding ortho intramolecular Hbond substituents is 4. The number of halogens is 3. The van der Waals surface area contributed by atoms with Crippen LogP contribution in [0.2, 0.25) is 15.1 Å². The van der Waals surface area contributed by atoms with Crippen LogP contribution in [0.3, 0.4) is 0 Å². The number of carboxylic acids is 1. The minimum absolute atomic E-state index is 0.0339. The molecule has 13 N–H and O–H groups in total. The van der Waals surface area contributed by atoms with Crippen LogP contribution in [-0.4, -0.2) is 126 Å². The largest absolute Gasteiger partial charge is 0.508 e. The third kappa shape index (κ3) is 14.1. The molecule has 4 heterocycles. The number of ketones is 1. The number of aromatic hydroxyl groups is 4. The maximum atomic E-state index is 16.2. The van der Waals surface area contributed by atoms with Gasteiger partial charge in [0.25, 0.3) is 10.1 Å². The molecule has 26 nitrogen and oxygen atoms in total. The van der Waals surface area contributed by atoms with E-state index in [2.05, 4.69) is 37.2 Å². The van der Waals surface area contributed by atoms with E-state index in [-0.39, 0.29) is 66.3 Å². The summed E-state index contributed by atoms with van der Waals surface area (Å²) in [6.45, 7) is 0. The van der Waals surface area contributed by atoms with E-state index in [4.69, 9.17) is 39.5 Å². The minimum atomic E-state index is -4.99. The number of ether oxygens (including phenoxy) is 1. The predicted octanol–water partition coefficient (Wildman–Crippen LogP) is 4.06. The van der Waals surface area contributed by atoms with Gasteiger partial charge in [0.05, 0.1) is 20.6 Å². The van der Waals surface area contributed by atoms with Crippen LogP contribution >= 0.6 is 34.8 Å². The number of carbonyl (C=O) groups is 9. The zero-order valence-electron chi connectivity index (χ0n) is 47.4. The number of carboxylic acid groups (broad SMARTS) is 1. The van der Waals surface area contributed by atoms with Crippen molar-refractivity contribution in [2.75, 3.05) is 5.75 Å². The molecule has 9 unspecified atom stereocenters. The number of benzene rings is 6. The number of para-hydroxylation sites is 1. The highest BCUT2D eigenvalue weighted by atomic mass is 35.5. The maximum absolute atomic E-state index is 16.2. The van der Waals surface area contributed by atoms with E-state index in [1.165, 1.54) is 77.5 Å². The predicted molar refractivity (Wildman–Crippen MR) is 328 cm³/mol. The van der Waals surface area contributed by atoms with Gasteiger partial charge in [-0.1, -0.05) is 102 Å². The minimum Gasteiger partial charge on any atom is -0.508 e. The van der Waals surface area contributed by atoms with Crippen molar-refractivity contribution >= 4 is 109 Å². The van der Waals surface area contributed by atoms with Crippen LogP contribution in [0.15, 0.2) is 146 Å². The van der Waals surface area contributed by atoms with Gasteiger partial charge < -0.3 is 72.1 Å². The molecule has 476 valence electrons. The molecule has 0 fully saturated rings. The Labute approximate surface area is 536 Å². The number of hydrogen-bond donors (Lipinski definition) is 13. The molecular weight excluding hydrogens is 1280 g/mol. The molecule has 7 aromatic rings. The highest BCUT2D eigenvalue weighted by Crippen LogP contribution is 2.41.